The second kappa shape index (κ2) is 8.64. The number of aliphatic carboxylic acids is 1. The van der Waals surface area contributed by atoms with E-state index in [4.69, 9.17) is 9.47 Å². The van der Waals surface area contributed by atoms with E-state index in [-0.39, 0.29) is 23.8 Å². The molecule has 0 radical (unpaired) electrons. The van der Waals surface area contributed by atoms with E-state index in [0.29, 0.717) is 26.2 Å². The molecule has 0 aromatic heterocycles. The van der Waals surface area contributed by atoms with Crippen LogP contribution in [0.2, 0.25) is 0 Å². The van der Waals surface area contributed by atoms with Gasteiger partial charge >= 0.3 is 5.97 Å². The van der Waals surface area contributed by atoms with E-state index in [0.717, 1.165) is 38.5 Å². The lowest BCUT2D eigenvalue weighted by Crippen LogP contribution is -2.45. The van der Waals surface area contributed by atoms with Crippen LogP contribution in [0.3, 0.4) is 0 Å². The summed E-state index contributed by atoms with van der Waals surface area (Å²) in [6.45, 7) is 2.00. The van der Waals surface area contributed by atoms with Crippen molar-refractivity contribution in [2.24, 2.45) is 17.3 Å². The van der Waals surface area contributed by atoms with E-state index in [2.05, 4.69) is 5.32 Å². The lowest BCUT2D eigenvalue weighted by Gasteiger charge is -2.31. The Balaban J connectivity index is 1.92. The molecule has 1 saturated carbocycles. The van der Waals surface area contributed by atoms with Gasteiger partial charge in [-0.25, -0.2) is 0 Å². The summed E-state index contributed by atoms with van der Waals surface area (Å²) in [5.41, 5.74) is -0.366. The van der Waals surface area contributed by atoms with E-state index in [9.17, 15) is 14.7 Å². The van der Waals surface area contributed by atoms with Gasteiger partial charge in [-0.15, -0.1) is 0 Å². The Morgan fingerprint density at radius 3 is 2.52 bits per heavy atom. The van der Waals surface area contributed by atoms with Gasteiger partial charge in [0.2, 0.25) is 5.91 Å². The van der Waals surface area contributed by atoms with E-state index in [1.54, 1.807) is 7.11 Å². The van der Waals surface area contributed by atoms with Crippen molar-refractivity contribution in [1.29, 1.82) is 0 Å². The Morgan fingerprint density at radius 2 is 1.96 bits per heavy atom. The number of methoxy groups -OCH3 is 1. The van der Waals surface area contributed by atoms with Crippen molar-refractivity contribution in [1.82, 2.24) is 5.32 Å². The number of ether oxygens (including phenoxy) is 2. The van der Waals surface area contributed by atoms with Gasteiger partial charge in [-0.1, -0.05) is 12.8 Å². The molecule has 2 fully saturated rings. The third-order valence-corrected chi connectivity index (χ3v) is 5.46. The van der Waals surface area contributed by atoms with Crippen molar-refractivity contribution in [2.45, 2.75) is 44.9 Å². The molecule has 1 saturated heterocycles. The van der Waals surface area contributed by atoms with Crippen LogP contribution in [-0.2, 0) is 19.1 Å². The molecule has 2 N–H and O–H groups in total. The highest BCUT2D eigenvalue weighted by atomic mass is 16.5. The second-order valence-electron chi connectivity index (χ2n) is 6.83. The molecule has 1 unspecified atom stereocenters. The maximum Gasteiger partial charge on any atom is 0.308 e. The van der Waals surface area contributed by atoms with Crippen molar-refractivity contribution in [3.05, 3.63) is 0 Å². The van der Waals surface area contributed by atoms with Crippen molar-refractivity contribution in [2.75, 3.05) is 33.5 Å². The molecule has 1 heterocycles. The number of carbonyl (C=O) groups is 2. The van der Waals surface area contributed by atoms with Gasteiger partial charge in [-0.3, -0.25) is 9.59 Å². The minimum Gasteiger partial charge on any atom is -0.481 e. The van der Waals surface area contributed by atoms with Crippen LogP contribution in [0.15, 0.2) is 0 Å². The third kappa shape index (κ3) is 4.67. The van der Waals surface area contributed by atoms with E-state index in [1.807, 2.05) is 0 Å². The summed E-state index contributed by atoms with van der Waals surface area (Å²) in [6.07, 6.45) is 6.07. The summed E-state index contributed by atoms with van der Waals surface area (Å²) in [7, 11) is 1.65. The largest absolute Gasteiger partial charge is 0.481 e. The molecule has 2 aliphatic rings. The van der Waals surface area contributed by atoms with Crippen LogP contribution in [0, 0.1) is 17.3 Å². The second-order valence-corrected chi connectivity index (χ2v) is 6.83. The lowest BCUT2D eigenvalue weighted by atomic mass is 9.81. The highest BCUT2D eigenvalue weighted by Crippen LogP contribution is 2.41. The summed E-state index contributed by atoms with van der Waals surface area (Å²) in [4.78, 5) is 24.3. The Morgan fingerprint density at radius 1 is 1.30 bits per heavy atom. The SMILES string of the molecule is COCCC1(C(=O)NCC(C(=O)O)C2CCOCC2)CCCC1. The smallest absolute Gasteiger partial charge is 0.308 e. The molecule has 0 bridgehead atoms. The average molecular weight is 327 g/mol. The number of carboxylic acids is 1. The third-order valence-electron chi connectivity index (χ3n) is 5.46. The molecule has 0 aromatic carbocycles. The molecule has 1 aliphatic carbocycles. The predicted octanol–water partition coefficient (Wildman–Crippen LogP) is 1.83. The van der Waals surface area contributed by atoms with Gasteiger partial charge in [-0.2, -0.15) is 0 Å². The maximum atomic E-state index is 12.7. The number of carboxylic acid groups (broad SMARTS) is 1. The first-order valence-electron chi connectivity index (χ1n) is 8.67. The molecule has 132 valence electrons. The lowest BCUT2D eigenvalue weighted by molar-refractivity contribution is -0.145. The molecular formula is C17H29NO5. The molecule has 0 aromatic rings. The highest BCUT2D eigenvalue weighted by molar-refractivity contribution is 5.83. The maximum absolute atomic E-state index is 12.7. The number of amides is 1. The Hall–Kier alpha value is -1.14. The summed E-state index contributed by atoms with van der Waals surface area (Å²) < 4.78 is 10.5. The molecule has 0 spiro atoms. The molecular weight excluding hydrogens is 298 g/mol. The van der Waals surface area contributed by atoms with Crippen molar-refractivity contribution in [3.63, 3.8) is 0 Å². The minimum absolute atomic E-state index is 0.00496. The highest BCUT2D eigenvalue weighted by Gasteiger charge is 2.41. The zero-order valence-electron chi connectivity index (χ0n) is 14.0. The Bertz CT molecular complexity index is 400. The van der Waals surface area contributed by atoms with Gasteiger partial charge in [0.25, 0.3) is 0 Å². The van der Waals surface area contributed by atoms with Gasteiger partial charge in [0.05, 0.1) is 11.3 Å². The van der Waals surface area contributed by atoms with Crippen LogP contribution in [-0.4, -0.2) is 50.5 Å². The van der Waals surface area contributed by atoms with Crippen LogP contribution in [0.25, 0.3) is 0 Å². The molecule has 1 amide bonds. The summed E-state index contributed by atoms with van der Waals surface area (Å²) in [5, 5.41) is 12.4. The molecule has 23 heavy (non-hydrogen) atoms. The zero-order valence-corrected chi connectivity index (χ0v) is 14.0. The van der Waals surface area contributed by atoms with E-state index < -0.39 is 11.9 Å². The van der Waals surface area contributed by atoms with Crippen molar-refractivity contribution < 1.29 is 24.2 Å². The van der Waals surface area contributed by atoms with Crippen LogP contribution in [0.5, 0.6) is 0 Å². The number of nitrogens with one attached hydrogen (secondary N) is 1. The van der Waals surface area contributed by atoms with Crippen LogP contribution in [0.1, 0.15) is 44.9 Å². The van der Waals surface area contributed by atoms with E-state index >= 15 is 0 Å². The first-order valence-corrected chi connectivity index (χ1v) is 8.67. The van der Waals surface area contributed by atoms with Gasteiger partial charge in [0.15, 0.2) is 0 Å². The number of carbonyl (C=O) groups excluding carboxylic acids is 1. The molecule has 6 nitrogen and oxygen atoms in total. The van der Waals surface area contributed by atoms with Gasteiger partial charge < -0.3 is 19.9 Å². The van der Waals surface area contributed by atoms with Gasteiger partial charge in [0.1, 0.15) is 0 Å². The van der Waals surface area contributed by atoms with Crippen molar-refractivity contribution in [3.8, 4) is 0 Å². The average Bonchev–Trinajstić information content (AvgIpc) is 3.04. The number of rotatable bonds is 8. The first-order chi connectivity index (χ1) is 11.1. The minimum atomic E-state index is -0.824. The monoisotopic (exact) mass is 327 g/mol. The Kier molecular flexibility index (Phi) is 6.84. The van der Waals surface area contributed by atoms with Crippen LogP contribution >= 0.6 is 0 Å². The Labute approximate surface area is 137 Å². The summed E-state index contributed by atoms with van der Waals surface area (Å²) in [5.74, 6) is -1.26. The quantitative estimate of drug-likeness (QED) is 0.710. The molecule has 2 rings (SSSR count). The molecule has 1 aliphatic heterocycles. The van der Waals surface area contributed by atoms with Gasteiger partial charge in [-0.05, 0) is 38.0 Å². The van der Waals surface area contributed by atoms with Crippen LogP contribution < -0.4 is 5.32 Å². The fourth-order valence-corrected chi connectivity index (χ4v) is 3.90. The van der Waals surface area contributed by atoms with Gasteiger partial charge in [0, 0.05) is 33.5 Å². The van der Waals surface area contributed by atoms with E-state index in [1.165, 1.54) is 0 Å². The fraction of sp³-hybridized carbons (Fsp3) is 0.882. The summed E-state index contributed by atoms with van der Waals surface area (Å²) in [6, 6.07) is 0. The fourth-order valence-electron chi connectivity index (χ4n) is 3.90. The number of hydrogen-bond donors (Lipinski definition) is 2. The van der Waals surface area contributed by atoms with Crippen LogP contribution in [0.4, 0.5) is 0 Å². The topological polar surface area (TPSA) is 84.9 Å². The predicted molar refractivity (Wildman–Crippen MR) is 85.1 cm³/mol. The van der Waals surface area contributed by atoms with Crippen molar-refractivity contribution >= 4 is 11.9 Å². The standard InChI is InChI=1S/C17H29NO5/c1-22-11-8-17(6-2-3-7-17)16(21)18-12-14(15(19)20)13-4-9-23-10-5-13/h13-14H,2-12H2,1H3,(H,18,21)(H,19,20). The normalized spacial score (nSPS) is 22.7. The first kappa shape index (κ1) is 18.2. The zero-order chi connectivity index (χ0) is 16.7. The molecule has 6 heteroatoms. The number of hydrogen-bond acceptors (Lipinski definition) is 4. The summed E-state index contributed by atoms with van der Waals surface area (Å²) >= 11 is 0. The molecule has 1 atom stereocenters.